The third-order valence-corrected chi connectivity index (χ3v) is 5.55. The van der Waals surface area contributed by atoms with E-state index in [4.69, 9.17) is 9.51 Å². The second kappa shape index (κ2) is 7.73. The Morgan fingerprint density at radius 1 is 1.21 bits per heavy atom. The van der Waals surface area contributed by atoms with E-state index in [1.165, 1.54) is 6.39 Å². The number of hydrogen-bond acceptors (Lipinski definition) is 5. The summed E-state index contributed by atoms with van der Waals surface area (Å²) in [4.78, 5) is 24.2. The minimum absolute atomic E-state index is 0.153. The molecule has 0 bridgehead atoms. The van der Waals surface area contributed by atoms with Crippen molar-refractivity contribution in [3.8, 4) is 0 Å². The Hall–Kier alpha value is -2.70. The number of aromatic nitrogens is 4. The summed E-state index contributed by atoms with van der Waals surface area (Å²) in [5.74, 6) is 2.63. The summed E-state index contributed by atoms with van der Waals surface area (Å²) in [7, 11) is 0. The topological polar surface area (TPSA) is 77.0 Å². The van der Waals surface area contributed by atoms with E-state index in [-0.39, 0.29) is 17.9 Å². The van der Waals surface area contributed by atoms with Crippen LogP contribution in [0.3, 0.4) is 0 Å². The average molecular weight is 381 g/mol. The van der Waals surface area contributed by atoms with Gasteiger partial charge < -0.3 is 14.0 Å². The van der Waals surface area contributed by atoms with Gasteiger partial charge in [0.25, 0.3) is 0 Å². The minimum Gasteiger partial charge on any atom is -0.343 e. The number of fused-ring (bicyclic) bond motifs is 1. The van der Waals surface area contributed by atoms with Crippen LogP contribution in [0.4, 0.5) is 0 Å². The second-order valence-corrected chi connectivity index (χ2v) is 8.05. The second-order valence-electron chi connectivity index (χ2n) is 8.05. The zero-order valence-electron chi connectivity index (χ0n) is 16.7. The van der Waals surface area contributed by atoms with Crippen LogP contribution in [0.1, 0.15) is 57.2 Å². The van der Waals surface area contributed by atoms with Crippen molar-refractivity contribution in [3.05, 3.63) is 42.3 Å². The minimum atomic E-state index is -0.275. The van der Waals surface area contributed by atoms with Crippen molar-refractivity contribution >= 4 is 16.9 Å². The number of hydrogen-bond donors (Lipinski definition) is 0. The van der Waals surface area contributed by atoms with Crippen LogP contribution >= 0.6 is 0 Å². The van der Waals surface area contributed by atoms with Crippen LogP contribution in [0.2, 0.25) is 0 Å². The summed E-state index contributed by atoms with van der Waals surface area (Å²) >= 11 is 0. The van der Waals surface area contributed by atoms with Crippen LogP contribution in [0, 0.1) is 5.92 Å². The van der Waals surface area contributed by atoms with Crippen molar-refractivity contribution in [3.63, 3.8) is 0 Å². The van der Waals surface area contributed by atoms with Gasteiger partial charge in [-0.25, -0.2) is 4.98 Å². The van der Waals surface area contributed by atoms with Crippen LogP contribution in [-0.4, -0.2) is 43.6 Å². The molecule has 3 heterocycles. The van der Waals surface area contributed by atoms with Gasteiger partial charge in [-0.1, -0.05) is 31.1 Å². The summed E-state index contributed by atoms with van der Waals surface area (Å²) in [6.07, 6.45) is 3.95. The molecule has 7 nitrogen and oxygen atoms in total. The molecule has 1 atom stereocenters. The van der Waals surface area contributed by atoms with Crippen molar-refractivity contribution in [1.29, 1.82) is 0 Å². The van der Waals surface area contributed by atoms with Crippen molar-refractivity contribution < 1.29 is 9.32 Å². The normalized spacial score (nSPS) is 16.8. The van der Waals surface area contributed by atoms with Gasteiger partial charge in [-0.05, 0) is 37.8 Å². The highest BCUT2D eigenvalue weighted by Crippen LogP contribution is 2.29. The molecular weight excluding hydrogens is 354 g/mol. The van der Waals surface area contributed by atoms with Gasteiger partial charge in [-0.15, -0.1) is 0 Å². The molecule has 0 aliphatic carbocycles. The molecule has 4 rings (SSSR count). The van der Waals surface area contributed by atoms with E-state index in [0.29, 0.717) is 19.0 Å². The van der Waals surface area contributed by atoms with E-state index in [1.54, 1.807) is 0 Å². The van der Waals surface area contributed by atoms with E-state index in [0.717, 1.165) is 41.9 Å². The molecule has 1 aromatic carbocycles. The highest BCUT2D eigenvalue weighted by molar-refractivity contribution is 5.84. The van der Waals surface area contributed by atoms with Gasteiger partial charge in [-0.2, -0.15) is 4.98 Å². The summed E-state index contributed by atoms with van der Waals surface area (Å²) in [6, 6.07) is 7.80. The highest BCUT2D eigenvalue weighted by Gasteiger charge is 2.30. The van der Waals surface area contributed by atoms with Crippen LogP contribution in [-0.2, 0) is 11.2 Å². The molecule has 0 radical (unpaired) electrons. The molecule has 1 amide bonds. The smallest absolute Gasteiger partial charge is 0.245 e. The summed E-state index contributed by atoms with van der Waals surface area (Å²) in [6.45, 7) is 7.78. The Balaban J connectivity index is 1.54. The van der Waals surface area contributed by atoms with E-state index in [9.17, 15) is 4.79 Å². The molecule has 3 aromatic rings. The first-order valence-electron chi connectivity index (χ1n) is 10.1. The number of carbonyl (C=O) groups is 1. The van der Waals surface area contributed by atoms with Crippen molar-refractivity contribution in [2.45, 2.75) is 52.0 Å². The first-order chi connectivity index (χ1) is 13.5. The number of carbonyl (C=O) groups excluding carboxylic acids is 1. The van der Waals surface area contributed by atoms with Crippen molar-refractivity contribution in [2.24, 2.45) is 5.92 Å². The zero-order valence-corrected chi connectivity index (χ0v) is 16.7. The zero-order chi connectivity index (χ0) is 19.7. The maximum atomic E-state index is 13.3. The molecule has 1 saturated heterocycles. The fourth-order valence-corrected chi connectivity index (χ4v) is 4.13. The molecular formula is C21H27N5O2. The number of piperidine rings is 1. The van der Waals surface area contributed by atoms with Gasteiger partial charge in [0.15, 0.2) is 5.82 Å². The Morgan fingerprint density at radius 3 is 2.64 bits per heavy atom. The van der Waals surface area contributed by atoms with E-state index < -0.39 is 0 Å². The van der Waals surface area contributed by atoms with E-state index in [1.807, 2.05) is 30.0 Å². The predicted octanol–water partition coefficient (Wildman–Crippen LogP) is 3.59. The van der Waals surface area contributed by atoms with Gasteiger partial charge in [0, 0.05) is 25.4 Å². The molecule has 1 aliphatic heterocycles. The lowest BCUT2D eigenvalue weighted by Gasteiger charge is -2.33. The van der Waals surface area contributed by atoms with Crippen LogP contribution < -0.4 is 0 Å². The molecule has 0 saturated carbocycles. The molecule has 7 heteroatoms. The van der Waals surface area contributed by atoms with Gasteiger partial charge in [0.1, 0.15) is 11.9 Å². The lowest BCUT2D eigenvalue weighted by atomic mass is 9.96. The van der Waals surface area contributed by atoms with Gasteiger partial charge in [0.05, 0.1) is 11.0 Å². The SMILES string of the molecule is CC(C)Cc1nc2ccccc2n1[C@@H](C)C(=O)N1CCC(c2ncon2)CC1. The Bertz CT molecular complexity index is 939. The van der Waals surface area contributed by atoms with Crippen LogP contribution in [0.15, 0.2) is 35.2 Å². The standard InChI is InChI=1S/C21H27N5O2/c1-14(2)12-19-23-17-6-4-5-7-18(17)26(19)15(3)21(27)25-10-8-16(9-11-25)20-22-13-28-24-20/h4-7,13-16H,8-12H2,1-3H3/t15-/m0/s1. The summed E-state index contributed by atoms with van der Waals surface area (Å²) < 4.78 is 6.99. The van der Waals surface area contributed by atoms with Crippen molar-refractivity contribution in [1.82, 2.24) is 24.6 Å². The van der Waals surface area contributed by atoms with Gasteiger partial charge >= 0.3 is 0 Å². The van der Waals surface area contributed by atoms with Gasteiger partial charge in [-0.3, -0.25) is 4.79 Å². The largest absolute Gasteiger partial charge is 0.343 e. The third-order valence-electron chi connectivity index (χ3n) is 5.55. The number of amides is 1. The van der Waals surface area contributed by atoms with E-state index in [2.05, 4.69) is 34.6 Å². The predicted molar refractivity (Wildman–Crippen MR) is 106 cm³/mol. The quantitative estimate of drug-likeness (QED) is 0.675. The molecule has 1 fully saturated rings. The maximum Gasteiger partial charge on any atom is 0.245 e. The van der Waals surface area contributed by atoms with Crippen LogP contribution in [0.5, 0.6) is 0 Å². The molecule has 0 spiro atoms. The number of likely N-dealkylation sites (tertiary alicyclic amines) is 1. The first-order valence-corrected chi connectivity index (χ1v) is 10.1. The summed E-state index contributed by atoms with van der Waals surface area (Å²) in [5, 5.41) is 3.96. The van der Waals surface area contributed by atoms with Gasteiger partial charge in [0.2, 0.25) is 12.3 Å². The Labute approximate surface area is 164 Å². The Kier molecular flexibility index (Phi) is 5.15. The number of imidazole rings is 1. The molecule has 0 unspecified atom stereocenters. The highest BCUT2D eigenvalue weighted by atomic mass is 16.5. The fourth-order valence-electron chi connectivity index (χ4n) is 4.13. The lowest BCUT2D eigenvalue weighted by Crippen LogP contribution is -2.41. The monoisotopic (exact) mass is 381 g/mol. The number of benzene rings is 1. The fraction of sp³-hybridized carbons (Fsp3) is 0.524. The molecule has 28 heavy (non-hydrogen) atoms. The maximum absolute atomic E-state index is 13.3. The molecule has 0 N–H and O–H groups in total. The van der Waals surface area contributed by atoms with E-state index >= 15 is 0 Å². The number of para-hydroxylation sites is 2. The van der Waals surface area contributed by atoms with Crippen molar-refractivity contribution in [2.75, 3.05) is 13.1 Å². The lowest BCUT2D eigenvalue weighted by molar-refractivity contribution is -0.135. The Morgan fingerprint density at radius 2 is 1.96 bits per heavy atom. The van der Waals surface area contributed by atoms with Crippen LogP contribution in [0.25, 0.3) is 11.0 Å². The molecule has 2 aromatic heterocycles. The third kappa shape index (κ3) is 3.53. The average Bonchev–Trinajstić information content (AvgIpc) is 3.34. The number of rotatable bonds is 5. The molecule has 1 aliphatic rings. The summed E-state index contributed by atoms with van der Waals surface area (Å²) in [5.41, 5.74) is 1.98. The molecule has 148 valence electrons. The number of nitrogens with zero attached hydrogens (tertiary/aromatic N) is 5. The first kappa shape index (κ1) is 18.7.